The topological polar surface area (TPSA) is 20.2 Å². The van der Waals surface area contributed by atoms with E-state index in [1.807, 2.05) is 36.4 Å². The SMILES string of the molecule is Oc1cc2c(ccc3ccccc32)cc1-c1cccc(Cl)c1F. The lowest BCUT2D eigenvalue weighted by Crippen LogP contribution is -1.87. The smallest absolute Gasteiger partial charge is 0.149 e. The van der Waals surface area contributed by atoms with Gasteiger partial charge in [-0.2, -0.15) is 0 Å². The van der Waals surface area contributed by atoms with Gasteiger partial charge >= 0.3 is 0 Å². The highest BCUT2D eigenvalue weighted by Gasteiger charge is 2.14. The fourth-order valence-electron chi connectivity index (χ4n) is 2.97. The van der Waals surface area contributed by atoms with Gasteiger partial charge in [-0.25, -0.2) is 4.39 Å². The molecule has 0 radical (unpaired) electrons. The summed E-state index contributed by atoms with van der Waals surface area (Å²) in [6.07, 6.45) is 0. The number of aromatic hydroxyl groups is 1. The molecule has 0 heterocycles. The van der Waals surface area contributed by atoms with Crippen LogP contribution in [0, 0.1) is 5.82 Å². The van der Waals surface area contributed by atoms with E-state index >= 15 is 0 Å². The normalized spacial score (nSPS) is 11.2. The molecule has 0 amide bonds. The van der Waals surface area contributed by atoms with Crippen LogP contribution in [0.25, 0.3) is 32.7 Å². The number of fused-ring (bicyclic) bond motifs is 3. The maximum atomic E-state index is 14.3. The van der Waals surface area contributed by atoms with Crippen LogP contribution in [0.3, 0.4) is 0 Å². The lowest BCUT2D eigenvalue weighted by Gasteiger charge is -2.11. The van der Waals surface area contributed by atoms with Gasteiger partial charge in [0.15, 0.2) is 0 Å². The van der Waals surface area contributed by atoms with Crippen LogP contribution >= 0.6 is 11.6 Å². The number of halogens is 2. The van der Waals surface area contributed by atoms with Crippen molar-refractivity contribution < 1.29 is 9.50 Å². The Morgan fingerprint density at radius 3 is 2.39 bits per heavy atom. The molecule has 4 aromatic rings. The van der Waals surface area contributed by atoms with Gasteiger partial charge in [-0.05, 0) is 39.7 Å². The first kappa shape index (κ1) is 14.0. The van der Waals surface area contributed by atoms with E-state index in [1.165, 1.54) is 6.07 Å². The molecule has 0 unspecified atom stereocenters. The number of phenolic OH excluding ortho intramolecular Hbond substituents is 1. The predicted molar refractivity (Wildman–Crippen MR) is 93.5 cm³/mol. The average Bonchev–Trinajstić information content (AvgIpc) is 2.57. The van der Waals surface area contributed by atoms with E-state index in [0.29, 0.717) is 11.1 Å². The molecule has 1 nitrogen and oxygen atoms in total. The third kappa shape index (κ3) is 2.23. The molecule has 0 aliphatic carbocycles. The molecular weight excluding hydrogens is 311 g/mol. The highest BCUT2D eigenvalue weighted by atomic mass is 35.5. The van der Waals surface area contributed by atoms with Crippen molar-refractivity contribution in [3.63, 3.8) is 0 Å². The standard InChI is InChI=1S/C20H12ClFO/c21-18-7-3-6-15(20(18)22)17-10-13-9-8-12-4-1-2-5-14(12)16(13)11-19(17)23/h1-11,23H. The summed E-state index contributed by atoms with van der Waals surface area (Å²) >= 11 is 5.86. The molecule has 0 fully saturated rings. The van der Waals surface area contributed by atoms with E-state index < -0.39 is 5.82 Å². The van der Waals surface area contributed by atoms with E-state index in [2.05, 4.69) is 0 Å². The summed E-state index contributed by atoms with van der Waals surface area (Å²) in [4.78, 5) is 0. The van der Waals surface area contributed by atoms with Crippen LogP contribution in [0.2, 0.25) is 5.02 Å². The van der Waals surface area contributed by atoms with E-state index in [0.717, 1.165) is 21.5 Å². The van der Waals surface area contributed by atoms with Crippen molar-refractivity contribution in [1.29, 1.82) is 0 Å². The molecule has 4 rings (SSSR count). The fraction of sp³-hybridized carbons (Fsp3) is 0. The summed E-state index contributed by atoms with van der Waals surface area (Å²) in [7, 11) is 0. The predicted octanol–water partition coefficient (Wildman–Crippen LogP) is 6.16. The van der Waals surface area contributed by atoms with Gasteiger partial charge in [-0.1, -0.05) is 60.1 Å². The molecule has 23 heavy (non-hydrogen) atoms. The van der Waals surface area contributed by atoms with Gasteiger partial charge in [0.25, 0.3) is 0 Å². The van der Waals surface area contributed by atoms with Gasteiger partial charge in [0.2, 0.25) is 0 Å². The van der Waals surface area contributed by atoms with Crippen molar-refractivity contribution in [2.45, 2.75) is 0 Å². The molecule has 4 aromatic carbocycles. The third-order valence-corrected chi connectivity index (χ3v) is 4.39. The van der Waals surface area contributed by atoms with Crippen LogP contribution < -0.4 is 0 Å². The van der Waals surface area contributed by atoms with Crippen LogP contribution in [-0.4, -0.2) is 5.11 Å². The van der Waals surface area contributed by atoms with E-state index in [1.54, 1.807) is 24.3 Å². The Balaban J connectivity index is 2.05. The minimum absolute atomic E-state index is 0.0371. The van der Waals surface area contributed by atoms with Crippen molar-refractivity contribution in [2.24, 2.45) is 0 Å². The van der Waals surface area contributed by atoms with Crippen molar-refractivity contribution >= 4 is 33.1 Å². The minimum Gasteiger partial charge on any atom is -0.507 e. The summed E-state index contributed by atoms with van der Waals surface area (Å²) in [6, 6.07) is 20.2. The highest BCUT2D eigenvalue weighted by molar-refractivity contribution is 6.31. The first-order valence-electron chi connectivity index (χ1n) is 7.24. The Labute approximate surface area is 137 Å². The van der Waals surface area contributed by atoms with Gasteiger partial charge in [0.05, 0.1) is 5.02 Å². The van der Waals surface area contributed by atoms with Crippen molar-refractivity contribution in [2.75, 3.05) is 0 Å². The molecule has 0 saturated carbocycles. The maximum absolute atomic E-state index is 14.3. The van der Waals surface area contributed by atoms with E-state index in [9.17, 15) is 9.50 Å². The largest absolute Gasteiger partial charge is 0.507 e. The molecule has 112 valence electrons. The second-order valence-electron chi connectivity index (χ2n) is 5.48. The first-order chi connectivity index (χ1) is 11.1. The van der Waals surface area contributed by atoms with E-state index in [4.69, 9.17) is 11.6 Å². The average molecular weight is 323 g/mol. The summed E-state index contributed by atoms with van der Waals surface area (Å²) < 4.78 is 14.3. The van der Waals surface area contributed by atoms with Gasteiger partial charge in [-0.3, -0.25) is 0 Å². The summed E-state index contributed by atoms with van der Waals surface area (Å²) in [6.45, 7) is 0. The number of benzene rings is 4. The second-order valence-corrected chi connectivity index (χ2v) is 5.89. The molecule has 0 aromatic heterocycles. The summed E-state index contributed by atoms with van der Waals surface area (Å²) in [5, 5.41) is 14.5. The van der Waals surface area contributed by atoms with Crippen LogP contribution in [0.4, 0.5) is 4.39 Å². The lowest BCUT2D eigenvalue weighted by molar-refractivity contribution is 0.477. The third-order valence-electron chi connectivity index (χ3n) is 4.10. The molecule has 0 bridgehead atoms. The lowest BCUT2D eigenvalue weighted by atomic mass is 9.96. The Bertz CT molecular complexity index is 1060. The Kier molecular flexibility index (Phi) is 3.21. The number of rotatable bonds is 1. The van der Waals surface area contributed by atoms with Crippen molar-refractivity contribution in [1.82, 2.24) is 0 Å². The summed E-state index contributed by atoms with van der Waals surface area (Å²) in [5.41, 5.74) is 0.734. The van der Waals surface area contributed by atoms with Crippen LogP contribution in [-0.2, 0) is 0 Å². The quantitative estimate of drug-likeness (QED) is 0.416. The maximum Gasteiger partial charge on any atom is 0.149 e. The highest BCUT2D eigenvalue weighted by Crippen LogP contribution is 2.38. The number of hydrogen-bond acceptors (Lipinski definition) is 1. The van der Waals surface area contributed by atoms with Gasteiger partial charge in [0, 0.05) is 11.1 Å². The van der Waals surface area contributed by atoms with Gasteiger partial charge in [0.1, 0.15) is 11.6 Å². The van der Waals surface area contributed by atoms with Crippen LogP contribution in [0.1, 0.15) is 0 Å². The Hall–Kier alpha value is -2.58. The van der Waals surface area contributed by atoms with E-state index in [-0.39, 0.29) is 10.8 Å². The van der Waals surface area contributed by atoms with Crippen LogP contribution in [0.15, 0.2) is 66.7 Å². The number of phenols is 1. The molecule has 0 atom stereocenters. The zero-order valence-electron chi connectivity index (χ0n) is 12.1. The first-order valence-corrected chi connectivity index (χ1v) is 7.62. The molecular formula is C20H12ClFO. The van der Waals surface area contributed by atoms with Gasteiger partial charge < -0.3 is 5.11 Å². The molecule has 0 saturated heterocycles. The summed E-state index contributed by atoms with van der Waals surface area (Å²) in [5.74, 6) is -0.486. The number of hydrogen-bond donors (Lipinski definition) is 1. The molecule has 1 N–H and O–H groups in total. The van der Waals surface area contributed by atoms with Crippen molar-refractivity contribution in [3.8, 4) is 16.9 Å². The zero-order chi connectivity index (χ0) is 16.0. The monoisotopic (exact) mass is 322 g/mol. The Morgan fingerprint density at radius 1 is 0.739 bits per heavy atom. The fourth-order valence-corrected chi connectivity index (χ4v) is 3.15. The molecule has 0 spiro atoms. The van der Waals surface area contributed by atoms with Crippen molar-refractivity contribution in [3.05, 3.63) is 77.6 Å². The second kappa shape index (κ2) is 5.25. The van der Waals surface area contributed by atoms with Gasteiger partial charge in [-0.15, -0.1) is 0 Å². The van der Waals surface area contributed by atoms with Crippen LogP contribution in [0.5, 0.6) is 5.75 Å². The minimum atomic E-state index is -0.524. The molecule has 0 aliphatic rings. The Morgan fingerprint density at radius 2 is 1.52 bits per heavy atom. The zero-order valence-corrected chi connectivity index (χ0v) is 12.8. The molecule has 3 heteroatoms. The molecule has 0 aliphatic heterocycles.